The van der Waals surface area contributed by atoms with Gasteiger partial charge in [0.15, 0.2) is 15.3 Å². The number of hydrogen-bond donors (Lipinski definition) is 1. The second-order valence-corrected chi connectivity index (χ2v) is 7.64. The first kappa shape index (κ1) is 15.5. The zero-order valence-electron chi connectivity index (χ0n) is 11.9. The van der Waals surface area contributed by atoms with E-state index in [-0.39, 0.29) is 5.75 Å². The Labute approximate surface area is 124 Å². The van der Waals surface area contributed by atoms with Gasteiger partial charge in [0.05, 0.1) is 6.07 Å². The third kappa shape index (κ3) is 2.22. The van der Waals surface area contributed by atoms with Crippen LogP contribution in [-0.2, 0) is 21.1 Å². The lowest BCUT2D eigenvalue weighted by atomic mass is 9.99. The zero-order valence-corrected chi connectivity index (χ0v) is 12.7. The topological polar surface area (TPSA) is 95.2 Å². The van der Waals surface area contributed by atoms with Crippen LogP contribution in [0.1, 0.15) is 30.9 Å². The number of sulfone groups is 1. The normalized spacial score (nSPS) is 27.9. The molecule has 2 rings (SSSR count). The Morgan fingerprint density at radius 2 is 1.90 bits per heavy atom. The Bertz CT molecular complexity index is 702. The van der Waals surface area contributed by atoms with Crippen LogP contribution in [0.15, 0.2) is 24.3 Å². The molecule has 1 aliphatic carbocycles. The van der Waals surface area contributed by atoms with E-state index in [1.54, 1.807) is 18.2 Å². The highest BCUT2D eigenvalue weighted by Gasteiger charge is 2.76. The van der Waals surface area contributed by atoms with Crippen molar-refractivity contribution in [3.63, 3.8) is 0 Å². The molecular formula is C15H17NO4S. The van der Waals surface area contributed by atoms with Crippen molar-refractivity contribution >= 4 is 15.8 Å². The maximum atomic E-state index is 12.1. The van der Waals surface area contributed by atoms with E-state index >= 15 is 0 Å². The zero-order chi connectivity index (χ0) is 15.8. The van der Waals surface area contributed by atoms with E-state index in [2.05, 4.69) is 0 Å². The SMILES string of the molecule is CCc1ccc([C@@H]2[C@@H](S(=O)(=O)CC)[C@@]2(C#N)C(=O)O)cc1. The quantitative estimate of drug-likeness (QED) is 0.894. The Kier molecular flexibility index (Phi) is 3.81. The molecule has 1 fully saturated rings. The number of carboxylic acids is 1. The summed E-state index contributed by atoms with van der Waals surface area (Å²) in [6, 6.07) is 8.87. The van der Waals surface area contributed by atoms with E-state index in [1.165, 1.54) is 6.92 Å². The Morgan fingerprint density at radius 3 is 2.29 bits per heavy atom. The number of benzene rings is 1. The van der Waals surface area contributed by atoms with E-state index in [4.69, 9.17) is 0 Å². The molecule has 6 heteroatoms. The largest absolute Gasteiger partial charge is 0.480 e. The first-order chi connectivity index (χ1) is 9.85. The van der Waals surface area contributed by atoms with Crippen LogP contribution in [0, 0.1) is 16.7 Å². The van der Waals surface area contributed by atoms with Gasteiger partial charge in [-0.25, -0.2) is 8.42 Å². The van der Waals surface area contributed by atoms with Crippen LogP contribution in [0.2, 0.25) is 0 Å². The first-order valence-electron chi connectivity index (χ1n) is 6.80. The average Bonchev–Trinajstić information content (AvgIpc) is 3.19. The van der Waals surface area contributed by atoms with Crippen LogP contribution in [0.4, 0.5) is 0 Å². The molecule has 3 atom stereocenters. The van der Waals surface area contributed by atoms with Gasteiger partial charge < -0.3 is 5.11 Å². The average molecular weight is 307 g/mol. The molecule has 0 unspecified atom stereocenters. The monoisotopic (exact) mass is 307 g/mol. The van der Waals surface area contributed by atoms with Gasteiger partial charge in [0.2, 0.25) is 0 Å². The number of nitriles is 1. The van der Waals surface area contributed by atoms with Crippen molar-refractivity contribution in [1.82, 2.24) is 0 Å². The first-order valence-corrected chi connectivity index (χ1v) is 8.51. The predicted molar refractivity (Wildman–Crippen MR) is 77.5 cm³/mol. The smallest absolute Gasteiger partial charge is 0.326 e. The Balaban J connectivity index is 2.50. The van der Waals surface area contributed by atoms with Crippen LogP contribution in [0.3, 0.4) is 0 Å². The molecular weight excluding hydrogens is 290 g/mol. The van der Waals surface area contributed by atoms with Crippen LogP contribution >= 0.6 is 0 Å². The summed E-state index contributed by atoms with van der Waals surface area (Å²) in [5.41, 5.74) is -0.187. The van der Waals surface area contributed by atoms with Crippen LogP contribution in [0.5, 0.6) is 0 Å². The summed E-state index contributed by atoms with van der Waals surface area (Å²) in [4.78, 5) is 11.5. The van der Waals surface area contributed by atoms with Gasteiger partial charge in [-0.3, -0.25) is 4.79 Å². The van der Waals surface area contributed by atoms with Crippen molar-refractivity contribution in [2.24, 2.45) is 5.41 Å². The lowest BCUT2D eigenvalue weighted by molar-refractivity contribution is -0.141. The highest BCUT2D eigenvalue weighted by atomic mass is 32.2. The van der Waals surface area contributed by atoms with Gasteiger partial charge >= 0.3 is 5.97 Å². The maximum absolute atomic E-state index is 12.1. The Hall–Kier alpha value is -1.87. The van der Waals surface area contributed by atoms with E-state index < -0.39 is 32.4 Å². The maximum Gasteiger partial charge on any atom is 0.326 e. The molecule has 21 heavy (non-hydrogen) atoms. The van der Waals surface area contributed by atoms with Crippen molar-refractivity contribution in [2.45, 2.75) is 31.4 Å². The Morgan fingerprint density at radius 1 is 1.33 bits per heavy atom. The fourth-order valence-electron chi connectivity index (χ4n) is 2.86. The van der Waals surface area contributed by atoms with Crippen LogP contribution in [-0.4, -0.2) is 30.5 Å². The minimum atomic E-state index is -3.61. The van der Waals surface area contributed by atoms with Crippen LogP contribution in [0.25, 0.3) is 0 Å². The summed E-state index contributed by atoms with van der Waals surface area (Å²) in [7, 11) is -3.61. The third-order valence-corrected chi connectivity index (χ3v) is 6.43. The third-order valence-electron chi connectivity index (χ3n) is 4.21. The van der Waals surface area contributed by atoms with Gasteiger partial charge in [0.25, 0.3) is 0 Å². The fraction of sp³-hybridized carbons (Fsp3) is 0.467. The highest BCUT2D eigenvalue weighted by molar-refractivity contribution is 7.92. The summed E-state index contributed by atoms with van der Waals surface area (Å²) in [6.45, 7) is 3.46. The predicted octanol–water partition coefficient (Wildman–Crippen LogP) is 1.74. The van der Waals surface area contributed by atoms with E-state index in [1.807, 2.05) is 19.1 Å². The summed E-state index contributed by atoms with van der Waals surface area (Å²) < 4.78 is 24.3. The number of carboxylic acid groups (broad SMARTS) is 1. The standard InChI is InChI=1S/C15H17NO4S/c1-3-10-5-7-11(8-6-10)12-13(21(19,20)4-2)15(12,9-16)14(17)18/h5-8,12-13H,3-4H2,1-2H3,(H,17,18)/t12-,13-,15+/m1/s1. The van der Waals surface area contributed by atoms with Crippen molar-refractivity contribution in [2.75, 3.05) is 5.75 Å². The number of aryl methyl sites for hydroxylation is 1. The molecule has 1 N–H and O–H groups in total. The summed E-state index contributed by atoms with van der Waals surface area (Å²) in [5.74, 6) is -2.33. The molecule has 1 saturated carbocycles. The van der Waals surface area contributed by atoms with E-state index in [9.17, 15) is 23.6 Å². The van der Waals surface area contributed by atoms with E-state index in [0.29, 0.717) is 5.56 Å². The minimum absolute atomic E-state index is 0.169. The highest BCUT2D eigenvalue weighted by Crippen LogP contribution is 2.63. The minimum Gasteiger partial charge on any atom is -0.480 e. The summed E-state index contributed by atoms with van der Waals surface area (Å²) in [6.07, 6.45) is 0.837. The molecule has 5 nitrogen and oxygen atoms in total. The molecule has 0 spiro atoms. The van der Waals surface area contributed by atoms with Gasteiger partial charge in [-0.05, 0) is 17.5 Å². The summed E-state index contributed by atoms with van der Waals surface area (Å²) in [5, 5.41) is 17.5. The molecule has 0 heterocycles. The number of nitrogens with zero attached hydrogens (tertiary/aromatic N) is 1. The van der Waals surface area contributed by atoms with E-state index in [0.717, 1.165) is 12.0 Å². The van der Waals surface area contributed by atoms with Gasteiger partial charge in [-0.15, -0.1) is 0 Å². The number of rotatable bonds is 5. The summed E-state index contributed by atoms with van der Waals surface area (Å²) >= 11 is 0. The van der Waals surface area contributed by atoms with Gasteiger partial charge in [0, 0.05) is 11.7 Å². The molecule has 0 saturated heterocycles. The fourth-order valence-corrected chi connectivity index (χ4v) is 4.79. The molecule has 0 aromatic heterocycles. The van der Waals surface area contributed by atoms with Crippen molar-refractivity contribution in [1.29, 1.82) is 5.26 Å². The number of aliphatic carboxylic acids is 1. The van der Waals surface area contributed by atoms with Gasteiger partial charge in [-0.2, -0.15) is 5.26 Å². The molecule has 0 amide bonds. The molecule has 1 aromatic rings. The van der Waals surface area contributed by atoms with Gasteiger partial charge in [-0.1, -0.05) is 38.1 Å². The lowest BCUT2D eigenvalue weighted by Gasteiger charge is -2.03. The van der Waals surface area contributed by atoms with Gasteiger partial charge in [0.1, 0.15) is 5.25 Å². The number of carbonyl (C=O) groups is 1. The lowest BCUT2D eigenvalue weighted by Crippen LogP contribution is -2.23. The van der Waals surface area contributed by atoms with Crippen molar-refractivity contribution in [3.05, 3.63) is 35.4 Å². The molecule has 0 bridgehead atoms. The van der Waals surface area contributed by atoms with Crippen LogP contribution < -0.4 is 0 Å². The molecule has 112 valence electrons. The molecule has 0 aliphatic heterocycles. The molecule has 1 aromatic carbocycles. The molecule has 0 radical (unpaired) electrons. The second-order valence-electron chi connectivity index (χ2n) is 5.23. The molecule has 1 aliphatic rings. The van der Waals surface area contributed by atoms with Crippen molar-refractivity contribution < 1.29 is 18.3 Å². The van der Waals surface area contributed by atoms with Crippen molar-refractivity contribution in [3.8, 4) is 6.07 Å². The number of hydrogen-bond acceptors (Lipinski definition) is 4. The second kappa shape index (κ2) is 5.15.